The standard InChI is InChI=1S/C18H17FN6O2S/c1-18(8-27-9-18)24-28-17-14-12(3-4-21-14)15(25(17)2)16(26)23-10-5-11(7-20)22-13(19)6-10/h3-6,21,24H,8-9H2,1-2H3,(H,22,23,26). The molecule has 1 aliphatic heterocycles. The topological polar surface area (TPSA) is 108 Å². The summed E-state index contributed by atoms with van der Waals surface area (Å²) in [5, 5.41) is 13.2. The number of halogens is 1. The molecule has 0 spiro atoms. The zero-order valence-electron chi connectivity index (χ0n) is 15.2. The fraction of sp³-hybridized carbons (Fsp3) is 0.278. The van der Waals surface area contributed by atoms with E-state index < -0.39 is 11.9 Å². The summed E-state index contributed by atoms with van der Waals surface area (Å²) in [6.45, 7) is 3.32. The third-order valence-electron chi connectivity index (χ3n) is 4.47. The fourth-order valence-corrected chi connectivity index (χ4v) is 4.00. The number of carbonyl (C=O) groups excluding carboxylic acids is 1. The number of carbonyl (C=O) groups is 1. The average Bonchev–Trinajstić information content (AvgIpc) is 3.18. The lowest BCUT2D eigenvalue weighted by Gasteiger charge is -2.38. The van der Waals surface area contributed by atoms with Crippen molar-refractivity contribution in [1.82, 2.24) is 19.3 Å². The van der Waals surface area contributed by atoms with Gasteiger partial charge < -0.3 is 19.6 Å². The minimum Gasteiger partial charge on any atom is -0.377 e. The van der Waals surface area contributed by atoms with Crippen LogP contribution in [0.3, 0.4) is 0 Å². The molecule has 144 valence electrons. The first kappa shape index (κ1) is 18.5. The number of aromatic amines is 1. The van der Waals surface area contributed by atoms with Crippen molar-refractivity contribution < 1.29 is 13.9 Å². The van der Waals surface area contributed by atoms with Gasteiger partial charge in [-0.15, -0.1) is 0 Å². The number of nitrogens with one attached hydrogen (secondary N) is 3. The third kappa shape index (κ3) is 3.24. The number of pyridine rings is 1. The van der Waals surface area contributed by atoms with Crippen LogP contribution in [-0.2, 0) is 11.8 Å². The molecular weight excluding hydrogens is 383 g/mol. The van der Waals surface area contributed by atoms with Gasteiger partial charge in [0, 0.05) is 30.4 Å². The maximum absolute atomic E-state index is 13.6. The number of aromatic nitrogens is 3. The smallest absolute Gasteiger partial charge is 0.273 e. The van der Waals surface area contributed by atoms with Crippen LogP contribution in [0.5, 0.6) is 0 Å². The number of fused-ring (bicyclic) bond motifs is 1. The molecule has 4 rings (SSSR count). The summed E-state index contributed by atoms with van der Waals surface area (Å²) < 4.78 is 24.0. The van der Waals surface area contributed by atoms with Gasteiger partial charge in [-0.2, -0.15) is 9.65 Å². The van der Waals surface area contributed by atoms with E-state index in [1.807, 2.05) is 6.07 Å². The van der Waals surface area contributed by atoms with Gasteiger partial charge in [-0.3, -0.25) is 4.79 Å². The lowest BCUT2D eigenvalue weighted by atomic mass is 10.0. The molecule has 0 bridgehead atoms. The summed E-state index contributed by atoms with van der Waals surface area (Å²) in [4.78, 5) is 19.5. The number of rotatable bonds is 5. The first-order valence-corrected chi connectivity index (χ1v) is 9.28. The number of hydrogen-bond donors (Lipinski definition) is 3. The zero-order chi connectivity index (χ0) is 19.9. The van der Waals surface area contributed by atoms with Gasteiger partial charge in [0.25, 0.3) is 5.91 Å². The van der Waals surface area contributed by atoms with Crippen LogP contribution in [0.4, 0.5) is 10.1 Å². The lowest BCUT2D eigenvalue weighted by molar-refractivity contribution is -0.0510. The maximum Gasteiger partial charge on any atom is 0.273 e. The first-order chi connectivity index (χ1) is 13.4. The van der Waals surface area contributed by atoms with E-state index in [0.29, 0.717) is 18.9 Å². The predicted octanol–water partition coefficient (Wildman–Crippen LogP) is 2.55. The van der Waals surface area contributed by atoms with Gasteiger partial charge >= 0.3 is 0 Å². The minimum absolute atomic E-state index is 0.106. The quantitative estimate of drug-likeness (QED) is 0.449. The van der Waals surface area contributed by atoms with Gasteiger partial charge in [0.1, 0.15) is 22.5 Å². The molecule has 4 heterocycles. The molecule has 1 saturated heterocycles. The second-order valence-electron chi connectivity index (χ2n) is 6.87. The summed E-state index contributed by atoms with van der Waals surface area (Å²) in [7, 11) is 1.79. The second kappa shape index (κ2) is 6.94. The molecule has 1 aliphatic rings. The Morgan fingerprint density at radius 2 is 2.29 bits per heavy atom. The molecule has 8 nitrogen and oxygen atoms in total. The van der Waals surface area contributed by atoms with Crippen molar-refractivity contribution in [2.24, 2.45) is 7.05 Å². The SMILES string of the molecule is Cn1c(C(=O)Nc2cc(F)nc(C#N)c2)c2cc[nH]c2c1SNC1(C)COC1. The van der Waals surface area contributed by atoms with Crippen LogP contribution in [0.2, 0.25) is 0 Å². The molecule has 3 N–H and O–H groups in total. The van der Waals surface area contributed by atoms with Crippen LogP contribution in [0.1, 0.15) is 23.1 Å². The number of nitriles is 1. The summed E-state index contributed by atoms with van der Waals surface area (Å²) >= 11 is 1.43. The molecule has 0 aliphatic carbocycles. The highest BCUT2D eigenvalue weighted by Crippen LogP contribution is 2.33. The van der Waals surface area contributed by atoms with Gasteiger partial charge in [0.2, 0.25) is 5.95 Å². The average molecular weight is 400 g/mol. The molecule has 0 saturated carbocycles. The Balaban J connectivity index is 1.64. The second-order valence-corrected chi connectivity index (χ2v) is 7.66. The van der Waals surface area contributed by atoms with Gasteiger partial charge in [0.15, 0.2) is 0 Å². The molecule has 0 radical (unpaired) electrons. The van der Waals surface area contributed by atoms with Crippen LogP contribution >= 0.6 is 11.9 Å². The van der Waals surface area contributed by atoms with Gasteiger partial charge in [0.05, 0.1) is 24.3 Å². The van der Waals surface area contributed by atoms with E-state index in [4.69, 9.17) is 10.00 Å². The molecule has 10 heteroatoms. The van der Waals surface area contributed by atoms with Crippen LogP contribution in [0, 0.1) is 17.3 Å². The molecule has 0 aromatic carbocycles. The van der Waals surface area contributed by atoms with Gasteiger partial charge in [-0.05, 0) is 31.0 Å². The number of H-pyrrole nitrogens is 1. The Kier molecular flexibility index (Phi) is 4.58. The van der Waals surface area contributed by atoms with Crippen molar-refractivity contribution in [2.45, 2.75) is 17.5 Å². The summed E-state index contributed by atoms with van der Waals surface area (Å²) in [5.41, 5.74) is 1.20. The highest BCUT2D eigenvalue weighted by molar-refractivity contribution is 7.97. The van der Waals surface area contributed by atoms with Crippen LogP contribution in [-0.4, -0.2) is 39.2 Å². The van der Waals surface area contributed by atoms with Crippen molar-refractivity contribution in [3.63, 3.8) is 0 Å². The van der Waals surface area contributed by atoms with Crippen molar-refractivity contribution in [3.05, 3.63) is 41.7 Å². The van der Waals surface area contributed by atoms with E-state index in [9.17, 15) is 9.18 Å². The number of anilines is 1. The third-order valence-corrected chi connectivity index (χ3v) is 5.74. The van der Waals surface area contributed by atoms with E-state index in [-0.39, 0.29) is 16.9 Å². The number of nitrogens with zero attached hydrogens (tertiary/aromatic N) is 3. The largest absolute Gasteiger partial charge is 0.377 e. The Bertz CT molecular complexity index is 1110. The molecule has 1 fully saturated rings. The van der Waals surface area contributed by atoms with Crippen molar-refractivity contribution in [1.29, 1.82) is 5.26 Å². The van der Waals surface area contributed by atoms with Crippen molar-refractivity contribution >= 4 is 34.4 Å². The molecular formula is C18H17FN6O2S. The number of ether oxygens (including phenoxy) is 1. The fourth-order valence-electron chi connectivity index (χ4n) is 3.04. The summed E-state index contributed by atoms with van der Waals surface area (Å²) in [5.74, 6) is -1.24. The zero-order valence-corrected chi connectivity index (χ0v) is 16.0. The maximum atomic E-state index is 13.6. The van der Waals surface area contributed by atoms with Gasteiger partial charge in [-0.1, -0.05) is 0 Å². The molecule has 3 aromatic rings. The highest BCUT2D eigenvalue weighted by Gasteiger charge is 2.34. The summed E-state index contributed by atoms with van der Waals surface area (Å²) in [6, 6.07) is 5.99. The first-order valence-electron chi connectivity index (χ1n) is 8.47. The lowest BCUT2D eigenvalue weighted by Crippen LogP contribution is -2.55. The monoisotopic (exact) mass is 400 g/mol. The Morgan fingerprint density at radius 1 is 1.50 bits per heavy atom. The molecule has 3 aromatic heterocycles. The van der Waals surface area contributed by atoms with E-state index >= 15 is 0 Å². The van der Waals surface area contributed by atoms with Gasteiger partial charge in [-0.25, -0.2) is 9.71 Å². The molecule has 0 unspecified atom stereocenters. The Hall–Kier alpha value is -2.87. The molecule has 28 heavy (non-hydrogen) atoms. The minimum atomic E-state index is -0.829. The number of amides is 1. The van der Waals surface area contributed by atoms with Crippen molar-refractivity contribution in [3.8, 4) is 6.07 Å². The normalized spacial score (nSPS) is 15.2. The predicted molar refractivity (Wildman–Crippen MR) is 102 cm³/mol. The Morgan fingerprint density at radius 3 is 2.96 bits per heavy atom. The summed E-state index contributed by atoms with van der Waals surface area (Å²) in [6.07, 6.45) is 1.76. The molecule has 0 atom stereocenters. The Labute approximate surface area is 164 Å². The van der Waals surface area contributed by atoms with E-state index in [2.05, 4.69) is 26.9 Å². The van der Waals surface area contributed by atoms with E-state index in [0.717, 1.165) is 22.0 Å². The van der Waals surface area contributed by atoms with Crippen LogP contribution in [0.25, 0.3) is 10.9 Å². The van der Waals surface area contributed by atoms with E-state index in [1.54, 1.807) is 23.9 Å². The van der Waals surface area contributed by atoms with Crippen molar-refractivity contribution in [2.75, 3.05) is 18.5 Å². The highest BCUT2D eigenvalue weighted by atomic mass is 32.2. The van der Waals surface area contributed by atoms with Crippen LogP contribution < -0.4 is 10.0 Å². The molecule has 1 amide bonds. The van der Waals surface area contributed by atoms with E-state index in [1.165, 1.54) is 18.0 Å². The van der Waals surface area contributed by atoms with Crippen LogP contribution in [0.15, 0.2) is 29.4 Å². The number of hydrogen-bond acceptors (Lipinski definition) is 6.